The summed E-state index contributed by atoms with van der Waals surface area (Å²) in [4.78, 5) is 40.3. The zero-order valence-electron chi connectivity index (χ0n) is 24.4. The van der Waals surface area contributed by atoms with E-state index >= 15 is 0 Å². The summed E-state index contributed by atoms with van der Waals surface area (Å²) in [5.41, 5.74) is 1.22. The number of carbonyl (C=O) groups excluding carboxylic acids is 3. The molecule has 0 unspecified atom stereocenters. The summed E-state index contributed by atoms with van der Waals surface area (Å²) in [6, 6.07) is 13.8. The van der Waals surface area contributed by atoms with Crippen molar-refractivity contribution in [1.29, 1.82) is 0 Å². The third kappa shape index (κ3) is 7.01. The van der Waals surface area contributed by atoms with Crippen LogP contribution in [0.25, 0.3) is 0 Å². The van der Waals surface area contributed by atoms with E-state index in [4.69, 9.17) is 18.9 Å². The highest BCUT2D eigenvalue weighted by atomic mass is 19.2. The molecule has 3 aromatic rings. The molecule has 0 saturated carbocycles. The number of carbonyl (C=O) groups is 3. The molecule has 12 heteroatoms. The summed E-state index contributed by atoms with van der Waals surface area (Å²) >= 11 is 0. The minimum absolute atomic E-state index is 0.0452. The first-order valence-corrected chi connectivity index (χ1v) is 14.2. The lowest BCUT2D eigenvalue weighted by Gasteiger charge is -2.39. The van der Waals surface area contributed by atoms with Gasteiger partial charge in [-0.25, -0.2) is 8.78 Å². The standard InChI is InChI=1S/C32H33F2N3O7/c1-41-26-11-9-22(33)31(34)30(26)32(40)37-14-13-24-23(17-37)36-29(39)18-43-25-10-5-19(15-27(25)42-2)6-12-28(38)35-16-20-3-7-21(44-24)8-4-20/h3-5,7-11,15,23-24H,6,12-14,16-18H2,1-2H3,(H,35,38)(H,36,39)/t23-,24-/m1/s1. The van der Waals surface area contributed by atoms with Crippen molar-refractivity contribution in [2.45, 2.75) is 38.0 Å². The van der Waals surface area contributed by atoms with Crippen molar-refractivity contribution < 1.29 is 42.1 Å². The topological polar surface area (TPSA) is 115 Å². The van der Waals surface area contributed by atoms with Gasteiger partial charge in [0.25, 0.3) is 11.8 Å². The zero-order chi connectivity index (χ0) is 31.2. The van der Waals surface area contributed by atoms with E-state index in [-0.39, 0.29) is 44.2 Å². The minimum Gasteiger partial charge on any atom is -0.496 e. The first kappa shape index (κ1) is 30.6. The van der Waals surface area contributed by atoms with Crippen LogP contribution in [0.5, 0.6) is 23.0 Å². The summed E-state index contributed by atoms with van der Waals surface area (Å²) in [5.74, 6) is -2.67. The molecule has 0 aromatic heterocycles. The molecule has 232 valence electrons. The molecule has 3 aromatic carbocycles. The Morgan fingerprint density at radius 2 is 1.68 bits per heavy atom. The second-order valence-electron chi connectivity index (χ2n) is 10.5. The third-order valence-electron chi connectivity index (χ3n) is 7.60. The lowest BCUT2D eigenvalue weighted by atomic mass is 10.00. The van der Waals surface area contributed by atoms with Crippen LogP contribution >= 0.6 is 0 Å². The van der Waals surface area contributed by atoms with Crippen molar-refractivity contribution >= 4 is 17.7 Å². The second-order valence-corrected chi connectivity index (χ2v) is 10.5. The van der Waals surface area contributed by atoms with Crippen LogP contribution < -0.4 is 29.6 Å². The van der Waals surface area contributed by atoms with Gasteiger partial charge in [-0.3, -0.25) is 14.4 Å². The average Bonchev–Trinajstić information content (AvgIpc) is 3.03. The number of methoxy groups -OCH3 is 2. The zero-order valence-corrected chi connectivity index (χ0v) is 24.4. The first-order chi connectivity index (χ1) is 21.2. The largest absolute Gasteiger partial charge is 0.496 e. The summed E-state index contributed by atoms with van der Waals surface area (Å²) < 4.78 is 51.4. The minimum atomic E-state index is -1.31. The van der Waals surface area contributed by atoms with Gasteiger partial charge in [0.2, 0.25) is 5.91 Å². The predicted molar refractivity (Wildman–Crippen MR) is 155 cm³/mol. The van der Waals surface area contributed by atoms with Gasteiger partial charge in [-0.15, -0.1) is 0 Å². The summed E-state index contributed by atoms with van der Waals surface area (Å²) in [7, 11) is 2.74. The van der Waals surface area contributed by atoms with Gasteiger partial charge in [-0.05, 0) is 53.9 Å². The Kier molecular flexibility index (Phi) is 9.47. The van der Waals surface area contributed by atoms with E-state index in [2.05, 4.69) is 10.6 Å². The number of halogens is 2. The number of ether oxygens (including phenoxy) is 4. The third-order valence-corrected chi connectivity index (χ3v) is 7.60. The van der Waals surface area contributed by atoms with E-state index in [9.17, 15) is 23.2 Å². The molecule has 0 radical (unpaired) electrons. The van der Waals surface area contributed by atoms with Crippen LogP contribution in [0.2, 0.25) is 0 Å². The maximum absolute atomic E-state index is 14.8. The Bertz CT molecular complexity index is 1530. The number of hydrogen-bond donors (Lipinski definition) is 2. The van der Waals surface area contributed by atoms with Crippen molar-refractivity contribution in [3.63, 3.8) is 0 Å². The van der Waals surface area contributed by atoms with Crippen LogP contribution in [0.4, 0.5) is 8.78 Å². The molecule has 10 nitrogen and oxygen atoms in total. The Hall–Kier alpha value is -4.87. The number of aryl methyl sites for hydroxylation is 1. The quantitative estimate of drug-likeness (QED) is 0.468. The molecule has 1 fully saturated rings. The molecule has 2 atom stereocenters. The highest BCUT2D eigenvalue weighted by molar-refractivity contribution is 5.97. The van der Waals surface area contributed by atoms with E-state index in [0.717, 1.165) is 17.2 Å². The molecule has 5 heterocycles. The molecular formula is C32H33F2N3O7. The van der Waals surface area contributed by atoms with Gasteiger partial charge in [-0.2, -0.15) is 0 Å². The van der Waals surface area contributed by atoms with Crippen molar-refractivity contribution in [3.05, 3.63) is 82.9 Å². The Morgan fingerprint density at radius 1 is 0.932 bits per heavy atom. The first-order valence-electron chi connectivity index (χ1n) is 14.2. The number of amides is 3. The van der Waals surface area contributed by atoms with Crippen LogP contribution in [-0.4, -0.2) is 68.7 Å². The lowest BCUT2D eigenvalue weighted by molar-refractivity contribution is -0.125. The molecule has 1 saturated heterocycles. The molecule has 0 aliphatic carbocycles. The van der Waals surface area contributed by atoms with Crippen LogP contribution in [0.15, 0.2) is 54.6 Å². The van der Waals surface area contributed by atoms with Gasteiger partial charge in [0.1, 0.15) is 23.2 Å². The van der Waals surface area contributed by atoms with Crippen molar-refractivity contribution in [1.82, 2.24) is 15.5 Å². The summed E-state index contributed by atoms with van der Waals surface area (Å²) in [5, 5.41) is 5.80. The number of likely N-dealkylation sites (tertiary alicyclic amines) is 1. The fourth-order valence-corrected chi connectivity index (χ4v) is 5.24. The van der Waals surface area contributed by atoms with Crippen LogP contribution in [0.3, 0.4) is 0 Å². The van der Waals surface area contributed by atoms with Gasteiger partial charge in [0.05, 0.1) is 20.3 Å². The summed E-state index contributed by atoms with van der Waals surface area (Å²) in [6.07, 6.45) is 0.490. The van der Waals surface area contributed by atoms with Gasteiger partial charge >= 0.3 is 0 Å². The lowest BCUT2D eigenvalue weighted by Crippen LogP contribution is -2.58. The monoisotopic (exact) mass is 609 g/mol. The van der Waals surface area contributed by atoms with Gasteiger partial charge < -0.3 is 34.5 Å². The molecule has 5 aliphatic rings. The highest BCUT2D eigenvalue weighted by Crippen LogP contribution is 2.30. The number of rotatable bonds is 3. The molecule has 0 spiro atoms. The predicted octanol–water partition coefficient (Wildman–Crippen LogP) is 3.40. The van der Waals surface area contributed by atoms with Crippen molar-refractivity contribution in [2.75, 3.05) is 33.9 Å². The van der Waals surface area contributed by atoms with Crippen molar-refractivity contribution in [3.8, 4) is 23.0 Å². The van der Waals surface area contributed by atoms with Crippen LogP contribution in [-0.2, 0) is 22.6 Å². The SMILES string of the molecule is COc1cc2ccc1OCC(=O)N[C@@H]1CN(C(=O)c3c(OC)ccc(F)c3F)CC[C@H]1Oc1ccc(cc1)CNC(=O)CC2. The molecule has 5 aliphatic heterocycles. The fraction of sp³-hybridized carbons (Fsp3) is 0.344. The molecule has 44 heavy (non-hydrogen) atoms. The second kappa shape index (κ2) is 13.6. The van der Waals surface area contributed by atoms with Crippen LogP contribution in [0.1, 0.15) is 34.3 Å². The maximum Gasteiger partial charge on any atom is 0.260 e. The number of piperidine rings is 1. The van der Waals surface area contributed by atoms with Gasteiger partial charge in [-0.1, -0.05) is 18.2 Å². The van der Waals surface area contributed by atoms with Crippen LogP contribution in [0, 0.1) is 11.6 Å². The van der Waals surface area contributed by atoms with E-state index in [1.807, 2.05) is 12.1 Å². The van der Waals surface area contributed by atoms with E-state index in [1.165, 1.54) is 25.2 Å². The normalized spacial score (nSPS) is 19.1. The van der Waals surface area contributed by atoms with Crippen molar-refractivity contribution in [2.24, 2.45) is 0 Å². The molecule has 8 rings (SSSR count). The van der Waals surface area contributed by atoms with E-state index < -0.39 is 41.2 Å². The van der Waals surface area contributed by atoms with E-state index in [0.29, 0.717) is 30.2 Å². The molecule has 3 amide bonds. The fourth-order valence-electron chi connectivity index (χ4n) is 5.24. The average molecular weight is 610 g/mol. The Balaban J connectivity index is 1.40. The Labute approximate surface area is 253 Å². The van der Waals surface area contributed by atoms with Gasteiger partial charge in [0, 0.05) is 32.5 Å². The maximum atomic E-state index is 14.8. The molecule has 4 bridgehead atoms. The number of benzene rings is 3. The number of nitrogens with zero attached hydrogens (tertiary/aromatic N) is 1. The highest BCUT2D eigenvalue weighted by Gasteiger charge is 2.36. The molecular weight excluding hydrogens is 576 g/mol. The number of nitrogens with one attached hydrogen (secondary N) is 2. The smallest absolute Gasteiger partial charge is 0.260 e. The van der Waals surface area contributed by atoms with Gasteiger partial charge in [0.15, 0.2) is 29.7 Å². The van der Waals surface area contributed by atoms with E-state index in [1.54, 1.807) is 30.3 Å². The number of hydrogen-bond acceptors (Lipinski definition) is 7. The molecule has 2 N–H and O–H groups in total. The summed E-state index contributed by atoms with van der Waals surface area (Å²) in [6.45, 7) is 0.0838. The Morgan fingerprint density at radius 3 is 2.43 bits per heavy atom.